The molecule has 0 heterocycles. The average molecular weight is 377 g/mol. The Balaban J connectivity index is 0.00000338. The predicted octanol–water partition coefficient (Wildman–Crippen LogP) is 3.24. The molecule has 26 heavy (non-hydrogen) atoms. The minimum absolute atomic E-state index is 0. The van der Waals surface area contributed by atoms with Crippen LogP contribution in [0.3, 0.4) is 0 Å². The van der Waals surface area contributed by atoms with Crippen molar-refractivity contribution in [2.24, 2.45) is 5.73 Å². The van der Waals surface area contributed by atoms with E-state index in [4.69, 9.17) is 15.2 Å². The zero-order valence-electron chi connectivity index (χ0n) is 15.1. The van der Waals surface area contributed by atoms with E-state index in [1.54, 1.807) is 32.4 Å². The van der Waals surface area contributed by atoms with Crippen LogP contribution in [0.1, 0.15) is 27.0 Å². The fourth-order valence-electron chi connectivity index (χ4n) is 2.59. The monoisotopic (exact) mass is 376 g/mol. The Morgan fingerprint density at radius 3 is 2.38 bits per heavy atom. The Morgan fingerprint density at radius 1 is 1.15 bits per heavy atom. The molecule has 5 nitrogen and oxygen atoms in total. The topological polar surface area (TPSA) is 73.6 Å². The number of benzene rings is 2. The van der Waals surface area contributed by atoms with E-state index in [9.17, 15) is 4.79 Å². The number of hydrogen-bond donors (Lipinski definition) is 2. The first-order valence-electron chi connectivity index (χ1n) is 8.04. The normalized spacial score (nSPS) is 9.81. The van der Waals surface area contributed by atoms with Gasteiger partial charge in [0, 0.05) is 24.2 Å². The van der Waals surface area contributed by atoms with Crippen molar-refractivity contribution in [2.75, 3.05) is 14.2 Å². The van der Waals surface area contributed by atoms with Crippen LogP contribution in [0, 0.1) is 0 Å². The van der Waals surface area contributed by atoms with Gasteiger partial charge < -0.3 is 20.5 Å². The Kier molecular flexibility index (Phi) is 8.68. The highest BCUT2D eigenvalue weighted by Gasteiger charge is 2.12. The molecule has 2 aromatic carbocycles. The van der Waals surface area contributed by atoms with Crippen molar-refractivity contribution >= 4 is 18.3 Å². The summed E-state index contributed by atoms with van der Waals surface area (Å²) in [5, 5.41) is 2.92. The van der Waals surface area contributed by atoms with E-state index < -0.39 is 0 Å². The van der Waals surface area contributed by atoms with Crippen molar-refractivity contribution in [2.45, 2.75) is 19.5 Å². The lowest BCUT2D eigenvalue weighted by Crippen LogP contribution is -2.23. The first-order chi connectivity index (χ1) is 12.1. The van der Waals surface area contributed by atoms with E-state index in [2.05, 4.69) is 11.9 Å². The third kappa shape index (κ3) is 5.25. The molecule has 3 N–H and O–H groups in total. The van der Waals surface area contributed by atoms with E-state index in [-0.39, 0.29) is 18.3 Å². The van der Waals surface area contributed by atoms with Crippen LogP contribution in [-0.4, -0.2) is 20.1 Å². The molecule has 2 aromatic rings. The minimum atomic E-state index is -0.136. The number of nitrogens with one attached hydrogen (secondary N) is 1. The number of carbonyl (C=O) groups excluding carboxylic acids is 1. The lowest BCUT2D eigenvalue weighted by molar-refractivity contribution is 0.0951. The van der Waals surface area contributed by atoms with Gasteiger partial charge in [-0.05, 0) is 41.8 Å². The molecule has 6 heteroatoms. The summed E-state index contributed by atoms with van der Waals surface area (Å²) >= 11 is 0. The van der Waals surface area contributed by atoms with Gasteiger partial charge in [0.05, 0.1) is 14.2 Å². The highest BCUT2D eigenvalue weighted by Crippen LogP contribution is 2.33. The molecule has 0 atom stereocenters. The summed E-state index contributed by atoms with van der Waals surface area (Å²) < 4.78 is 10.8. The van der Waals surface area contributed by atoms with Crippen LogP contribution in [0.4, 0.5) is 0 Å². The van der Waals surface area contributed by atoms with Gasteiger partial charge in [0.15, 0.2) is 11.5 Å². The van der Waals surface area contributed by atoms with Crippen LogP contribution in [-0.2, 0) is 19.5 Å². The summed E-state index contributed by atoms with van der Waals surface area (Å²) in [6, 6.07) is 11.1. The van der Waals surface area contributed by atoms with Gasteiger partial charge in [0.25, 0.3) is 5.91 Å². The number of methoxy groups -OCH3 is 2. The molecule has 0 aliphatic carbocycles. The third-order valence-corrected chi connectivity index (χ3v) is 3.88. The van der Waals surface area contributed by atoms with E-state index >= 15 is 0 Å². The van der Waals surface area contributed by atoms with Crippen molar-refractivity contribution in [1.29, 1.82) is 0 Å². The maximum Gasteiger partial charge on any atom is 0.251 e. The molecule has 0 bridgehead atoms. The zero-order valence-corrected chi connectivity index (χ0v) is 15.9. The van der Waals surface area contributed by atoms with Crippen LogP contribution in [0.2, 0.25) is 0 Å². The first kappa shape index (κ1) is 21.5. The average Bonchev–Trinajstić information content (AvgIpc) is 2.65. The molecule has 0 aromatic heterocycles. The van der Waals surface area contributed by atoms with Crippen LogP contribution >= 0.6 is 12.4 Å². The van der Waals surface area contributed by atoms with Gasteiger partial charge in [-0.25, -0.2) is 0 Å². The van der Waals surface area contributed by atoms with Crippen molar-refractivity contribution < 1.29 is 14.3 Å². The SMILES string of the molecule is C=CCc1cc(CNC(=O)c2ccc(CN)cc2)cc(OC)c1OC.Cl. The number of halogens is 1. The second-order valence-electron chi connectivity index (χ2n) is 5.57. The van der Waals surface area contributed by atoms with Crippen LogP contribution in [0.5, 0.6) is 11.5 Å². The second-order valence-corrected chi connectivity index (χ2v) is 5.57. The Labute approximate surface area is 160 Å². The fourth-order valence-corrected chi connectivity index (χ4v) is 2.59. The number of hydrogen-bond acceptors (Lipinski definition) is 4. The van der Waals surface area contributed by atoms with Crippen LogP contribution in [0.25, 0.3) is 0 Å². The number of carbonyl (C=O) groups is 1. The molecule has 2 rings (SSSR count). The molecule has 0 unspecified atom stereocenters. The van der Waals surface area contributed by atoms with Gasteiger partial charge in [-0.3, -0.25) is 4.79 Å². The van der Waals surface area contributed by atoms with Crippen molar-refractivity contribution in [3.63, 3.8) is 0 Å². The quantitative estimate of drug-likeness (QED) is 0.693. The number of ether oxygens (including phenoxy) is 2. The zero-order chi connectivity index (χ0) is 18.2. The standard InChI is InChI=1S/C20H24N2O3.ClH/c1-4-5-17-10-15(11-18(24-2)19(17)25-3)13-22-20(23)16-8-6-14(12-21)7-9-16;/h4,6-11H,1,5,12-13,21H2,2-3H3,(H,22,23);1H. The summed E-state index contributed by atoms with van der Waals surface area (Å²) in [6.07, 6.45) is 2.46. The summed E-state index contributed by atoms with van der Waals surface area (Å²) in [7, 11) is 3.20. The maximum atomic E-state index is 12.3. The molecule has 0 saturated carbocycles. The van der Waals surface area contributed by atoms with Gasteiger partial charge in [-0.15, -0.1) is 19.0 Å². The molecule has 140 valence electrons. The smallest absolute Gasteiger partial charge is 0.251 e. The summed E-state index contributed by atoms with van der Waals surface area (Å²) in [5.41, 5.74) is 9.06. The molecule has 0 saturated heterocycles. The first-order valence-corrected chi connectivity index (χ1v) is 8.04. The van der Waals surface area contributed by atoms with Gasteiger partial charge in [-0.1, -0.05) is 18.2 Å². The molecular formula is C20H25ClN2O3. The highest BCUT2D eigenvalue weighted by molar-refractivity contribution is 5.94. The van der Waals surface area contributed by atoms with E-state index in [0.717, 1.165) is 16.7 Å². The molecule has 0 radical (unpaired) electrons. The maximum absolute atomic E-state index is 12.3. The van der Waals surface area contributed by atoms with Gasteiger partial charge in [0.2, 0.25) is 0 Å². The molecule has 0 fully saturated rings. The Bertz CT molecular complexity index is 745. The van der Waals surface area contributed by atoms with Gasteiger partial charge >= 0.3 is 0 Å². The summed E-state index contributed by atoms with van der Waals surface area (Å²) in [5.74, 6) is 1.19. The molecule has 0 spiro atoms. The number of amides is 1. The lowest BCUT2D eigenvalue weighted by Gasteiger charge is -2.15. The molecule has 1 amide bonds. The van der Waals surface area contributed by atoms with Crippen molar-refractivity contribution in [3.05, 3.63) is 71.3 Å². The number of allylic oxidation sites excluding steroid dienone is 1. The van der Waals surface area contributed by atoms with Gasteiger partial charge in [-0.2, -0.15) is 0 Å². The number of nitrogens with two attached hydrogens (primary N) is 1. The van der Waals surface area contributed by atoms with E-state index in [1.807, 2.05) is 24.3 Å². The number of rotatable bonds is 8. The van der Waals surface area contributed by atoms with Gasteiger partial charge in [0.1, 0.15) is 0 Å². The fraction of sp³-hybridized carbons (Fsp3) is 0.250. The molecule has 0 aliphatic rings. The Hall–Kier alpha value is -2.50. The second kappa shape index (κ2) is 10.5. The van der Waals surface area contributed by atoms with Crippen LogP contribution in [0.15, 0.2) is 49.1 Å². The lowest BCUT2D eigenvalue weighted by atomic mass is 10.1. The molecular weight excluding hydrogens is 352 g/mol. The predicted molar refractivity (Wildman–Crippen MR) is 106 cm³/mol. The van der Waals surface area contributed by atoms with E-state index in [1.165, 1.54) is 0 Å². The Morgan fingerprint density at radius 2 is 1.85 bits per heavy atom. The largest absolute Gasteiger partial charge is 0.493 e. The minimum Gasteiger partial charge on any atom is -0.493 e. The van der Waals surface area contributed by atoms with E-state index in [0.29, 0.717) is 36.6 Å². The summed E-state index contributed by atoms with van der Waals surface area (Å²) in [6.45, 7) is 4.62. The molecule has 0 aliphatic heterocycles. The van der Waals surface area contributed by atoms with Crippen molar-refractivity contribution in [3.8, 4) is 11.5 Å². The summed E-state index contributed by atoms with van der Waals surface area (Å²) in [4.78, 5) is 12.3. The third-order valence-electron chi connectivity index (χ3n) is 3.88. The van der Waals surface area contributed by atoms with Crippen LogP contribution < -0.4 is 20.5 Å². The highest BCUT2D eigenvalue weighted by atomic mass is 35.5. The van der Waals surface area contributed by atoms with Crippen molar-refractivity contribution in [1.82, 2.24) is 5.32 Å².